The highest BCUT2D eigenvalue weighted by atomic mass is 32.1. The number of thiophene rings is 1. The number of ether oxygens (including phenoxy) is 1. The molecule has 0 radical (unpaired) electrons. The molecular weight excluding hydrogens is 370 g/mol. The summed E-state index contributed by atoms with van der Waals surface area (Å²) in [5.41, 5.74) is 3.64. The molecule has 1 amide bonds. The van der Waals surface area contributed by atoms with Crippen molar-refractivity contribution < 1.29 is 14.3 Å². The van der Waals surface area contributed by atoms with Crippen LogP contribution in [0.5, 0.6) is 0 Å². The number of rotatable bonds is 5. The Labute approximate surface area is 168 Å². The molecule has 0 bridgehead atoms. The van der Waals surface area contributed by atoms with Crippen molar-refractivity contribution >= 4 is 23.2 Å². The molecular formula is C23H21NO3S. The average molecular weight is 391 g/mol. The van der Waals surface area contributed by atoms with Crippen molar-refractivity contribution in [3.63, 3.8) is 0 Å². The average Bonchev–Trinajstić information content (AvgIpc) is 3.26. The van der Waals surface area contributed by atoms with Crippen LogP contribution in [0.3, 0.4) is 0 Å². The van der Waals surface area contributed by atoms with Gasteiger partial charge >= 0.3 is 5.97 Å². The largest absolute Gasteiger partial charge is 0.448 e. The maximum atomic E-state index is 13.0. The molecule has 1 aromatic heterocycles. The van der Waals surface area contributed by atoms with Gasteiger partial charge in [-0.2, -0.15) is 0 Å². The monoisotopic (exact) mass is 391 g/mol. The molecule has 4 rings (SSSR count). The Hall–Kier alpha value is -2.92. The van der Waals surface area contributed by atoms with Gasteiger partial charge in [0.15, 0.2) is 6.10 Å². The van der Waals surface area contributed by atoms with Gasteiger partial charge in [-0.25, -0.2) is 4.79 Å². The highest BCUT2D eigenvalue weighted by Crippen LogP contribution is 2.28. The highest BCUT2D eigenvalue weighted by molar-refractivity contribution is 7.10. The van der Waals surface area contributed by atoms with Crippen molar-refractivity contribution in [3.8, 4) is 0 Å². The number of hydrogen-bond acceptors (Lipinski definition) is 4. The van der Waals surface area contributed by atoms with Crippen LogP contribution in [0, 0.1) is 0 Å². The van der Waals surface area contributed by atoms with Gasteiger partial charge in [0.05, 0.1) is 11.6 Å². The number of aryl methyl sites for hydroxylation is 1. The second kappa shape index (κ2) is 7.98. The van der Waals surface area contributed by atoms with E-state index >= 15 is 0 Å². The third-order valence-corrected chi connectivity index (χ3v) is 5.96. The Morgan fingerprint density at radius 1 is 1.14 bits per heavy atom. The summed E-state index contributed by atoms with van der Waals surface area (Å²) in [6, 6.07) is 19.2. The maximum absolute atomic E-state index is 13.0. The van der Waals surface area contributed by atoms with Crippen LogP contribution < -0.4 is 5.32 Å². The predicted octanol–water partition coefficient (Wildman–Crippen LogP) is 4.30. The normalized spacial score (nSPS) is 16.8. The van der Waals surface area contributed by atoms with E-state index in [9.17, 15) is 9.59 Å². The van der Waals surface area contributed by atoms with Gasteiger partial charge in [-0.3, -0.25) is 4.79 Å². The van der Waals surface area contributed by atoms with Crippen LogP contribution in [-0.2, 0) is 22.4 Å². The number of amides is 1. The van der Waals surface area contributed by atoms with E-state index in [2.05, 4.69) is 24.4 Å². The Balaban J connectivity index is 1.57. The molecule has 28 heavy (non-hydrogen) atoms. The third-order valence-electron chi connectivity index (χ3n) is 5.02. The highest BCUT2D eigenvalue weighted by Gasteiger charge is 2.32. The first-order chi connectivity index (χ1) is 13.7. The Morgan fingerprint density at radius 3 is 2.64 bits per heavy atom. The minimum atomic E-state index is -0.820. The van der Waals surface area contributed by atoms with Gasteiger partial charge in [-0.15, -0.1) is 11.3 Å². The molecule has 1 aliphatic heterocycles. The molecule has 0 saturated heterocycles. The lowest BCUT2D eigenvalue weighted by Gasteiger charge is -2.26. The number of cyclic esters (lactones) is 1. The Bertz CT molecular complexity index is 979. The summed E-state index contributed by atoms with van der Waals surface area (Å²) in [6.45, 7) is 2.11. The number of fused-ring (bicyclic) bond motifs is 1. The number of carbonyl (C=O) groups excluding carboxylic acids is 2. The molecule has 2 aromatic carbocycles. The Morgan fingerprint density at radius 2 is 1.93 bits per heavy atom. The van der Waals surface area contributed by atoms with Crippen molar-refractivity contribution in [2.24, 2.45) is 0 Å². The summed E-state index contributed by atoms with van der Waals surface area (Å²) in [5.74, 6) is -0.720. The molecule has 1 aliphatic rings. The molecule has 142 valence electrons. The smallest absolute Gasteiger partial charge is 0.339 e. The quantitative estimate of drug-likeness (QED) is 0.660. The van der Waals surface area contributed by atoms with Crippen molar-refractivity contribution in [1.82, 2.24) is 5.32 Å². The zero-order valence-electron chi connectivity index (χ0n) is 15.6. The summed E-state index contributed by atoms with van der Waals surface area (Å²) < 4.78 is 5.42. The second-order valence-electron chi connectivity index (χ2n) is 6.81. The van der Waals surface area contributed by atoms with E-state index in [0.717, 1.165) is 22.4 Å². The fourth-order valence-corrected chi connectivity index (χ4v) is 4.24. The molecule has 0 spiro atoms. The van der Waals surface area contributed by atoms with E-state index in [1.54, 1.807) is 23.5 Å². The molecule has 2 atom stereocenters. The van der Waals surface area contributed by atoms with Crippen LogP contribution in [0.15, 0.2) is 66.0 Å². The maximum Gasteiger partial charge on any atom is 0.339 e. The lowest BCUT2D eigenvalue weighted by Crippen LogP contribution is -2.43. The van der Waals surface area contributed by atoms with Gasteiger partial charge in [0.1, 0.15) is 0 Å². The SMILES string of the molecule is CCc1ccc(C(NC(=O)C2Cc3ccccc3C(=O)O2)c2cccs2)cc1. The molecule has 0 aliphatic carbocycles. The van der Waals surface area contributed by atoms with E-state index < -0.39 is 12.1 Å². The summed E-state index contributed by atoms with van der Waals surface area (Å²) in [5, 5.41) is 5.08. The summed E-state index contributed by atoms with van der Waals surface area (Å²) in [7, 11) is 0. The summed E-state index contributed by atoms with van der Waals surface area (Å²) >= 11 is 1.59. The van der Waals surface area contributed by atoms with Gasteiger partial charge < -0.3 is 10.1 Å². The molecule has 1 N–H and O–H groups in total. The van der Waals surface area contributed by atoms with Crippen LogP contribution in [-0.4, -0.2) is 18.0 Å². The number of carbonyl (C=O) groups is 2. The molecule has 5 heteroatoms. The zero-order valence-corrected chi connectivity index (χ0v) is 16.4. The van der Waals surface area contributed by atoms with E-state index in [4.69, 9.17) is 4.74 Å². The van der Waals surface area contributed by atoms with E-state index in [1.165, 1.54) is 5.56 Å². The van der Waals surface area contributed by atoms with Crippen LogP contribution in [0.4, 0.5) is 0 Å². The van der Waals surface area contributed by atoms with Crippen LogP contribution in [0.25, 0.3) is 0 Å². The first-order valence-electron chi connectivity index (χ1n) is 9.37. The van der Waals surface area contributed by atoms with Gasteiger partial charge in [0.25, 0.3) is 5.91 Å². The number of nitrogens with one attached hydrogen (secondary N) is 1. The second-order valence-corrected chi connectivity index (χ2v) is 7.79. The standard InChI is InChI=1S/C23H21NO3S/c1-2-15-9-11-16(12-10-15)21(20-8-5-13-28-20)24-22(25)19-14-17-6-3-4-7-18(17)23(26)27-19/h3-13,19,21H,2,14H2,1H3,(H,24,25). The van der Waals surface area contributed by atoms with Gasteiger partial charge in [-0.1, -0.05) is 55.5 Å². The number of esters is 1. The van der Waals surface area contributed by atoms with Crippen molar-refractivity contribution in [3.05, 3.63) is 93.2 Å². The van der Waals surface area contributed by atoms with Crippen LogP contribution in [0.2, 0.25) is 0 Å². The fraction of sp³-hybridized carbons (Fsp3) is 0.217. The van der Waals surface area contributed by atoms with Crippen LogP contribution in [0.1, 0.15) is 44.9 Å². The molecule has 2 heterocycles. The molecule has 0 saturated carbocycles. The van der Waals surface area contributed by atoms with Crippen molar-refractivity contribution in [2.75, 3.05) is 0 Å². The van der Waals surface area contributed by atoms with Crippen LogP contribution >= 0.6 is 11.3 Å². The van der Waals surface area contributed by atoms with Gasteiger partial charge in [-0.05, 0) is 40.6 Å². The first kappa shape index (κ1) is 18.4. The first-order valence-corrected chi connectivity index (χ1v) is 10.2. The van der Waals surface area contributed by atoms with Gasteiger partial charge in [0, 0.05) is 11.3 Å². The molecule has 2 unspecified atom stereocenters. The lowest BCUT2D eigenvalue weighted by molar-refractivity contribution is -0.130. The lowest BCUT2D eigenvalue weighted by atomic mass is 9.97. The van der Waals surface area contributed by atoms with Gasteiger partial charge in [0.2, 0.25) is 0 Å². The Kier molecular flexibility index (Phi) is 5.26. The molecule has 0 fully saturated rings. The number of hydrogen-bond donors (Lipinski definition) is 1. The zero-order chi connectivity index (χ0) is 19.5. The predicted molar refractivity (Wildman–Crippen MR) is 109 cm³/mol. The van der Waals surface area contributed by atoms with E-state index in [-0.39, 0.29) is 11.9 Å². The van der Waals surface area contributed by atoms with Crippen molar-refractivity contribution in [2.45, 2.75) is 31.9 Å². The fourth-order valence-electron chi connectivity index (χ4n) is 3.43. The number of benzene rings is 2. The van der Waals surface area contributed by atoms with Crippen molar-refractivity contribution in [1.29, 1.82) is 0 Å². The third kappa shape index (κ3) is 3.71. The van der Waals surface area contributed by atoms with E-state index in [1.807, 2.05) is 41.8 Å². The summed E-state index contributed by atoms with van der Waals surface area (Å²) in [6.07, 6.45) is 0.535. The molecule has 4 nitrogen and oxygen atoms in total. The van der Waals surface area contributed by atoms with E-state index in [0.29, 0.717) is 12.0 Å². The minimum absolute atomic E-state index is 0.269. The molecule has 3 aromatic rings. The summed E-state index contributed by atoms with van der Waals surface area (Å²) in [4.78, 5) is 26.3. The topological polar surface area (TPSA) is 55.4 Å². The minimum Gasteiger partial charge on any atom is -0.448 e.